The first-order valence-electron chi connectivity index (χ1n) is 7.73. The fourth-order valence-electron chi connectivity index (χ4n) is 2.74. The van der Waals surface area contributed by atoms with Gasteiger partial charge in [-0.1, -0.05) is 74.7 Å². The van der Waals surface area contributed by atoms with E-state index in [1.807, 2.05) is 0 Å². The fraction of sp³-hybridized carbons (Fsp3) is 0.368. The van der Waals surface area contributed by atoms with Crippen LogP contribution in [0.4, 0.5) is 0 Å². The van der Waals surface area contributed by atoms with Gasteiger partial charge in [-0.25, -0.2) is 0 Å². The second kappa shape index (κ2) is 7.86. The Balaban J connectivity index is 2.21. The van der Waals surface area contributed by atoms with E-state index in [4.69, 9.17) is 5.73 Å². The third kappa shape index (κ3) is 3.71. The Labute approximate surface area is 122 Å². The number of hydrogen-bond donors (Lipinski definition) is 1. The van der Waals surface area contributed by atoms with Crippen molar-refractivity contribution in [3.63, 3.8) is 0 Å². The first-order valence-corrected chi connectivity index (χ1v) is 7.73. The van der Waals surface area contributed by atoms with Gasteiger partial charge in [-0.3, -0.25) is 0 Å². The zero-order chi connectivity index (χ0) is 14.2. The van der Waals surface area contributed by atoms with Gasteiger partial charge in [-0.2, -0.15) is 0 Å². The van der Waals surface area contributed by atoms with Crippen molar-refractivity contribution >= 4 is 0 Å². The van der Waals surface area contributed by atoms with Gasteiger partial charge in [0.2, 0.25) is 0 Å². The minimum atomic E-state index is 0.619. The summed E-state index contributed by atoms with van der Waals surface area (Å²) in [7, 11) is 0. The standard InChI is InChI=1S/C19H25N/c1-2-3-4-6-12-17-13-9-14-18(19(17)15-20)16-10-7-5-8-11-16/h5,7-11,13-14H,2-4,6,12,15,20H2,1H3. The minimum Gasteiger partial charge on any atom is -0.326 e. The first-order chi connectivity index (χ1) is 9.86. The smallest absolute Gasteiger partial charge is 0.0187 e. The number of nitrogens with two attached hydrogens (primary N) is 1. The maximum Gasteiger partial charge on any atom is 0.0187 e. The van der Waals surface area contributed by atoms with Crippen LogP contribution in [0.2, 0.25) is 0 Å². The van der Waals surface area contributed by atoms with Crippen LogP contribution in [0.5, 0.6) is 0 Å². The molecule has 0 heterocycles. The molecule has 0 unspecified atom stereocenters. The van der Waals surface area contributed by atoms with Gasteiger partial charge in [0.05, 0.1) is 0 Å². The molecule has 0 aliphatic carbocycles. The predicted molar refractivity (Wildman–Crippen MR) is 87.6 cm³/mol. The number of hydrogen-bond acceptors (Lipinski definition) is 1. The Morgan fingerprint density at radius 2 is 1.65 bits per heavy atom. The van der Waals surface area contributed by atoms with Gasteiger partial charge >= 0.3 is 0 Å². The summed E-state index contributed by atoms with van der Waals surface area (Å²) in [5.41, 5.74) is 11.3. The molecule has 0 saturated carbocycles. The molecule has 0 saturated heterocycles. The number of rotatable bonds is 7. The average Bonchev–Trinajstić information content (AvgIpc) is 2.52. The highest BCUT2D eigenvalue weighted by Gasteiger charge is 2.08. The SMILES string of the molecule is CCCCCCc1cccc(-c2ccccc2)c1CN. The second-order valence-electron chi connectivity index (χ2n) is 5.32. The van der Waals surface area contributed by atoms with Crippen molar-refractivity contribution in [1.82, 2.24) is 0 Å². The van der Waals surface area contributed by atoms with Gasteiger partial charge in [-0.05, 0) is 35.1 Å². The molecule has 2 aromatic carbocycles. The van der Waals surface area contributed by atoms with E-state index in [2.05, 4.69) is 55.5 Å². The Hall–Kier alpha value is -1.60. The fourth-order valence-corrected chi connectivity index (χ4v) is 2.74. The summed E-state index contributed by atoms with van der Waals surface area (Å²) in [5.74, 6) is 0. The molecule has 0 atom stereocenters. The monoisotopic (exact) mass is 267 g/mol. The van der Waals surface area contributed by atoms with Crippen molar-refractivity contribution in [2.45, 2.75) is 45.6 Å². The highest BCUT2D eigenvalue weighted by molar-refractivity contribution is 5.68. The molecule has 0 amide bonds. The Morgan fingerprint density at radius 1 is 0.850 bits per heavy atom. The van der Waals surface area contributed by atoms with Crippen LogP contribution < -0.4 is 5.73 Å². The molecule has 106 valence electrons. The molecule has 0 fully saturated rings. The van der Waals surface area contributed by atoms with E-state index in [1.54, 1.807) is 0 Å². The zero-order valence-electron chi connectivity index (χ0n) is 12.4. The van der Waals surface area contributed by atoms with Crippen LogP contribution >= 0.6 is 0 Å². The lowest BCUT2D eigenvalue weighted by Gasteiger charge is -2.14. The number of aryl methyl sites for hydroxylation is 1. The molecule has 0 aromatic heterocycles. The molecule has 20 heavy (non-hydrogen) atoms. The summed E-state index contributed by atoms with van der Waals surface area (Å²) in [6, 6.07) is 17.1. The third-order valence-corrected chi connectivity index (χ3v) is 3.86. The van der Waals surface area contributed by atoms with Crippen LogP contribution in [0.3, 0.4) is 0 Å². The van der Waals surface area contributed by atoms with Crippen molar-refractivity contribution < 1.29 is 0 Å². The lowest BCUT2D eigenvalue weighted by atomic mass is 9.93. The molecule has 0 aliphatic heterocycles. The van der Waals surface area contributed by atoms with Crippen LogP contribution in [0.25, 0.3) is 11.1 Å². The van der Waals surface area contributed by atoms with E-state index in [9.17, 15) is 0 Å². The summed E-state index contributed by atoms with van der Waals surface area (Å²) in [6.45, 7) is 2.87. The number of benzene rings is 2. The summed E-state index contributed by atoms with van der Waals surface area (Å²) in [4.78, 5) is 0. The van der Waals surface area contributed by atoms with E-state index < -0.39 is 0 Å². The van der Waals surface area contributed by atoms with E-state index in [-0.39, 0.29) is 0 Å². The van der Waals surface area contributed by atoms with Crippen LogP contribution in [0.1, 0.15) is 43.7 Å². The first kappa shape index (κ1) is 14.8. The largest absolute Gasteiger partial charge is 0.326 e. The topological polar surface area (TPSA) is 26.0 Å². The summed E-state index contributed by atoms with van der Waals surface area (Å²) < 4.78 is 0. The Morgan fingerprint density at radius 3 is 2.35 bits per heavy atom. The lowest BCUT2D eigenvalue weighted by Crippen LogP contribution is -2.04. The van der Waals surface area contributed by atoms with Crippen molar-refractivity contribution in [3.8, 4) is 11.1 Å². The Bertz CT molecular complexity index is 517. The normalized spacial score (nSPS) is 10.7. The Kier molecular flexibility index (Phi) is 5.82. The van der Waals surface area contributed by atoms with Crippen LogP contribution in [0, 0.1) is 0 Å². The minimum absolute atomic E-state index is 0.619. The predicted octanol–water partition coefficient (Wildman–Crippen LogP) is 4.94. The van der Waals surface area contributed by atoms with Crippen LogP contribution in [-0.4, -0.2) is 0 Å². The van der Waals surface area contributed by atoms with Crippen molar-refractivity contribution in [2.75, 3.05) is 0 Å². The van der Waals surface area contributed by atoms with Gasteiger partial charge in [0.25, 0.3) is 0 Å². The highest BCUT2D eigenvalue weighted by Crippen LogP contribution is 2.27. The van der Waals surface area contributed by atoms with E-state index in [0.29, 0.717) is 6.54 Å². The molecule has 2 rings (SSSR count). The molecule has 0 aliphatic rings. The maximum absolute atomic E-state index is 6.02. The molecule has 2 aromatic rings. The molecule has 2 N–H and O–H groups in total. The van der Waals surface area contributed by atoms with Gasteiger partial charge in [0, 0.05) is 6.54 Å². The summed E-state index contributed by atoms with van der Waals surface area (Å²) in [6.07, 6.45) is 6.34. The van der Waals surface area contributed by atoms with Crippen molar-refractivity contribution in [1.29, 1.82) is 0 Å². The quantitative estimate of drug-likeness (QED) is 0.707. The van der Waals surface area contributed by atoms with E-state index in [0.717, 1.165) is 6.42 Å². The zero-order valence-corrected chi connectivity index (χ0v) is 12.4. The van der Waals surface area contributed by atoms with Crippen molar-refractivity contribution in [3.05, 3.63) is 59.7 Å². The second-order valence-corrected chi connectivity index (χ2v) is 5.32. The molecule has 0 bridgehead atoms. The summed E-state index contributed by atoms with van der Waals surface area (Å²) in [5, 5.41) is 0. The molecule has 1 heteroatoms. The lowest BCUT2D eigenvalue weighted by molar-refractivity contribution is 0.664. The molecule has 0 radical (unpaired) electrons. The molecule has 0 spiro atoms. The highest BCUT2D eigenvalue weighted by atomic mass is 14.5. The molecular formula is C19H25N. The van der Waals surface area contributed by atoms with Crippen LogP contribution in [-0.2, 0) is 13.0 Å². The molecular weight excluding hydrogens is 242 g/mol. The maximum atomic E-state index is 6.02. The van der Waals surface area contributed by atoms with E-state index >= 15 is 0 Å². The van der Waals surface area contributed by atoms with Crippen LogP contribution in [0.15, 0.2) is 48.5 Å². The molecule has 1 nitrogen and oxygen atoms in total. The average molecular weight is 267 g/mol. The number of unbranched alkanes of at least 4 members (excludes halogenated alkanes) is 3. The summed E-state index contributed by atoms with van der Waals surface area (Å²) >= 11 is 0. The van der Waals surface area contributed by atoms with Gasteiger partial charge in [-0.15, -0.1) is 0 Å². The van der Waals surface area contributed by atoms with E-state index in [1.165, 1.54) is 47.9 Å². The van der Waals surface area contributed by atoms with Crippen molar-refractivity contribution in [2.24, 2.45) is 5.73 Å². The van der Waals surface area contributed by atoms with Gasteiger partial charge < -0.3 is 5.73 Å². The van der Waals surface area contributed by atoms with Gasteiger partial charge in [0.15, 0.2) is 0 Å². The third-order valence-electron chi connectivity index (χ3n) is 3.86. The van der Waals surface area contributed by atoms with Gasteiger partial charge in [0.1, 0.15) is 0 Å².